The van der Waals surface area contributed by atoms with E-state index in [1.54, 1.807) is 18.2 Å². The summed E-state index contributed by atoms with van der Waals surface area (Å²) in [6.07, 6.45) is 3.28. The fourth-order valence-corrected chi connectivity index (χ4v) is 4.72. The standard InChI is InChI=1S/C25H30N4O5/c1-15(2)21(26-23(31)16-5-7-18(8-6-16)27(3)4)25(33)28-11-9-19-22(28)20(30)13-29(19)24(32)17-10-12-34-14-17/h5-8,10,12,14-15,19,21-22H,9,11,13H2,1-4H3,(H,26,31)/t19-,21?,22+/m1/s1. The van der Waals surface area contributed by atoms with E-state index in [0.29, 0.717) is 24.1 Å². The van der Waals surface area contributed by atoms with Gasteiger partial charge in [-0.05, 0) is 42.7 Å². The first-order chi connectivity index (χ1) is 16.2. The van der Waals surface area contributed by atoms with Crippen LogP contribution < -0.4 is 10.2 Å². The van der Waals surface area contributed by atoms with Gasteiger partial charge in [-0.3, -0.25) is 19.2 Å². The quantitative estimate of drug-likeness (QED) is 0.696. The summed E-state index contributed by atoms with van der Waals surface area (Å²) in [6.45, 7) is 4.03. The Balaban J connectivity index is 1.48. The van der Waals surface area contributed by atoms with Crippen LogP contribution in [0.2, 0.25) is 0 Å². The van der Waals surface area contributed by atoms with Crippen molar-refractivity contribution >= 4 is 29.2 Å². The van der Waals surface area contributed by atoms with Gasteiger partial charge >= 0.3 is 0 Å². The third kappa shape index (κ3) is 4.30. The zero-order valence-electron chi connectivity index (χ0n) is 19.9. The van der Waals surface area contributed by atoms with Crippen molar-refractivity contribution in [2.45, 2.75) is 38.4 Å². The second-order valence-electron chi connectivity index (χ2n) is 9.38. The fourth-order valence-electron chi connectivity index (χ4n) is 4.72. The number of hydrogen-bond donors (Lipinski definition) is 1. The second kappa shape index (κ2) is 9.32. The molecule has 3 amide bonds. The van der Waals surface area contributed by atoms with Crippen LogP contribution in [0, 0.1) is 5.92 Å². The van der Waals surface area contributed by atoms with E-state index in [1.807, 2.05) is 45.0 Å². The molecule has 1 aromatic heterocycles. The molecule has 4 rings (SSSR count). The minimum atomic E-state index is -0.786. The lowest BCUT2D eigenvalue weighted by molar-refractivity contribution is -0.138. The molecule has 9 heteroatoms. The Morgan fingerprint density at radius 3 is 2.35 bits per heavy atom. The Morgan fingerprint density at radius 2 is 1.76 bits per heavy atom. The Labute approximate surface area is 198 Å². The molecule has 2 aliphatic heterocycles. The third-order valence-corrected chi connectivity index (χ3v) is 6.60. The fraction of sp³-hybridized carbons (Fsp3) is 0.440. The van der Waals surface area contributed by atoms with Crippen LogP contribution in [-0.4, -0.2) is 78.6 Å². The van der Waals surface area contributed by atoms with Crippen molar-refractivity contribution in [2.75, 3.05) is 32.1 Å². The number of benzene rings is 1. The van der Waals surface area contributed by atoms with Crippen molar-refractivity contribution < 1.29 is 23.6 Å². The topological polar surface area (TPSA) is 103 Å². The first-order valence-corrected chi connectivity index (χ1v) is 11.4. The SMILES string of the molecule is CC(C)C(NC(=O)c1ccc(N(C)C)cc1)C(=O)N1CC[C@@H]2[C@H]1C(=O)CN2C(=O)c1ccoc1. The number of nitrogens with one attached hydrogen (secondary N) is 1. The number of furan rings is 1. The van der Waals surface area contributed by atoms with Crippen molar-refractivity contribution in [3.05, 3.63) is 54.0 Å². The minimum absolute atomic E-state index is 0.0416. The molecule has 2 aliphatic rings. The molecule has 1 unspecified atom stereocenters. The van der Waals surface area contributed by atoms with Gasteiger partial charge in [0.05, 0.1) is 24.4 Å². The number of likely N-dealkylation sites (tertiary alicyclic amines) is 2. The van der Waals surface area contributed by atoms with E-state index in [4.69, 9.17) is 4.42 Å². The highest BCUT2D eigenvalue weighted by Crippen LogP contribution is 2.32. The predicted octanol–water partition coefficient (Wildman–Crippen LogP) is 1.79. The molecule has 180 valence electrons. The molecule has 2 aromatic rings. The lowest BCUT2D eigenvalue weighted by Crippen LogP contribution is -2.54. The van der Waals surface area contributed by atoms with Crippen molar-refractivity contribution in [1.29, 1.82) is 0 Å². The van der Waals surface area contributed by atoms with Gasteiger partial charge in [-0.2, -0.15) is 0 Å². The van der Waals surface area contributed by atoms with E-state index in [-0.39, 0.29) is 42.0 Å². The van der Waals surface area contributed by atoms with Crippen LogP contribution in [0.5, 0.6) is 0 Å². The molecule has 1 aromatic carbocycles. The number of fused-ring (bicyclic) bond motifs is 1. The van der Waals surface area contributed by atoms with Crippen LogP contribution in [0.4, 0.5) is 5.69 Å². The Morgan fingerprint density at radius 1 is 1.06 bits per heavy atom. The molecule has 2 fully saturated rings. The molecular weight excluding hydrogens is 436 g/mol. The smallest absolute Gasteiger partial charge is 0.257 e. The summed E-state index contributed by atoms with van der Waals surface area (Å²) in [5.74, 6) is -1.27. The van der Waals surface area contributed by atoms with Crippen LogP contribution in [0.15, 0.2) is 47.3 Å². The van der Waals surface area contributed by atoms with Crippen LogP contribution >= 0.6 is 0 Å². The monoisotopic (exact) mass is 466 g/mol. The molecular formula is C25H30N4O5. The molecule has 0 saturated carbocycles. The molecule has 2 saturated heterocycles. The van der Waals surface area contributed by atoms with E-state index < -0.39 is 12.1 Å². The lowest BCUT2D eigenvalue weighted by atomic mass is 10.0. The number of Topliss-reactive ketones (excluding diaryl/α,β-unsaturated/α-hetero) is 1. The van der Waals surface area contributed by atoms with Gasteiger partial charge in [0.2, 0.25) is 5.91 Å². The second-order valence-corrected chi connectivity index (χ2v) is 9.38. The van der Waals surface area contributed by atoms with Crippen molar-refractivity contribution in [2.24, 2.45) is 5.92 Å². The van der Waals surface area contributed by atoms with Gasteiger partial charge < -0.3 is 24.4 Å². The first-order valence-electron chi connectivity index (χ1n) is 11.4. The van der Waals surface area contributed by atoms with Gasteiger partial charge in [0.25, 0.3) is 11.8 Å². The Bertz CT molecular complexity index is 1080. The number of anilines is 1. The summed E-state index contributed by atoms with van der Waals surface area (Å²) in [7, 11) is 3.83. The maximum Gasteiger partial charge on any atom is 0.257 e. The number of hydrogen-bond acceptors (Lipinski definition) is 6. The average molecular weight is 467 g/mol. The molecule has 0 radical (unpaired) electrons. The van der Waals surface area contributed by atoms with Gasteiger partial charge in [-0.1, -0.05) is 13.8 Å². The zero-order valence-corrected chi connectivity index (χ0v) is 19.9. The Kier molecular flexibility index (Phi) is 6.45. The molecule has 34 heavy (non-hydrogen) atoms. The summed E-state index contributed by atoms with van der Waals surface area (Å²) in [4.78, 5) is 57.1. The van der Waals surface area contributed by atoms with Gasteiger partial charge in [-0.25, -0.2) is 0 Å². The number of carbonyl (C=O) groups is 4. The van der Waals surface area contributed by atoms with Gasteiger partial charge in [0, 0.05) is 31.9 Å². The maximum atomic E-state index is 13.5. The van der Waals surface area contributed by atoms with Crippen LogP contribution in [0.25, 0.3) is 0 Å². The third-order valence-electron chi connectivity index (χ3n) is 6.60. The largest absolute Gasteiger partial charge is 0.472 e. The molecule has 0 aliphatic carbocycles. The van der Waals surface area contributed by atoms with E-state index in [9.17, 15) is 19.2 Å². The summed E-state index contributed by atoms with van der Waals surface area (Å²) >= 11 is 0. The summed E-state index contributed by atoms with van der Waals surface area (Å²) in [5.41, 5.74) is 1.80. The van der Waals surface area contributed by atoms with Crippen LogP contribution in [0.1, 0.15) is 41.0 Å². The lowest BCUT2D eigenvalue weighted by Gasteiger charge is -2.30. The Hall–Kier alpha value is -3.62. The highest BCUT2D eigenvalue weighted by atomic mass is 16.3. The van der Waals surface area contributed by atoms with Crippen LogP contribution in [-0.2, 0) is 9.59 Å². The van der Waals surface area contributed by atoms with Crippen LogP contribution in [0.3, 0.4) is 0 Å². The normalized spacial score (nSPS) is 20.4. The number of nitrogens with zero attached hydrogens (tertiary/aromatic N) is 3. The molecule has 0 spiro atoms. The number of rotatable bonds is 6. The van der Waals surface area contributed by atoms with Crippen molar-refractivity contribution in [1.82, 2.24) is 15.1 Å². The van der Waals surface area contributed by atoms with E-state index in [0.717, 1.165) is 5.69 Å². The summed E-state index contributed by atoms with van der Waals surface area (Å²) < 4.78 is 5.00. The molecule has 9 nitrogen and oxygen atoms in total. The van der Waals surface area contributed by atoms with Gasteiger partial charge in [0.15, 0.2) is 5.78 Å². The number of carbonyl (C=O) groups excluding carboxylic acids is 4. The summed E-state index contributed by atoms with van der Waals surface area (Å²) in [6, 6.07) is 6.83. The van der Waals surface area contributed by atoms with E-state index in [1.165, 1.54) is 22.3 Å². The number of amides is 3. The highest BCUT2D eigenvalue weighted by molar-refractivity contribution is 6.03. The highest BCUT2D eigenvalue weighted by Gasteiger charge is 2.52. The van der Waals surface area contributed by atoms with Crippen molar-refractivity contribution in [3.63, 3.8) is 0 Å². The molecule has 1 N–H and O–H groups in total. The predicted molar refractivity (Wildman–Crippen MR) is 126 cm³/mol. The minimum Gasteiger partial charge on any atom is -0.472 e. The van der Waals surface area contributed by atoms with Gasteiger partial charge in [0.1, 0.15) is 18.3 Å². The molecule has 0 bridgehead atoms. The number of ketones is 1. The molecule has 3 heterocycles. The van der Waals surface area contributed by atoms with Crippen molar-refractivity contribution in [3.8, 4) is 0 Å². The average Bonchev–Trinajstić information content (AvgIpc) is 3.55. The summed E-state index contributed by atoms with van der Waals surface area (Å²) in [5, 5.41) is 2.86. The maximum absolute atomic E-state index is 13.5. The van der Waals surface area contributed by atoms with E-state index >= 15 is 0 Å². The first kappa shape index (κ1) is 23.5. The van der Waals surface area contributed by atoms with E-state index in [2.05, 4.69) is 5.32 Å². The zero-order chi connectivity index (χ0) is 24.6. The molecule has 3 atom stereocenters. The van der Waals surface area contributed by atoms with Gasteiger partial charge in [-0.15, -0.1) is 0 Å².